The van der Waals surface area contributed by atoms with Gasteiger partial charge in [0.1, 0.15) is 0 Å². The Balaban J connectivity index is -0.0000000536. The molecule has 0 aromatic heterocycles. The number of carboxylic acid groups (broad SMARTS) is 3. The number of aliphatic carboxylic acids is 3. The Morgan fingerprint density at radius 3 is 1.05 bits per heavy atom. The summed E-state index contributed by atoms with van der Waals surface area (Å²) in [6.45, 7) is 5.48. The van der Waals surface area contributed by atoms with Crippen molar-refractivity contribution in [1.29, 1.82) is 0 Å². The summed E-state index contributed by atoms with van der Waals surface area (Å²) in [6, 6.07) is 0. The maximum Gasteiger partial charge on any atom is 1.00 e. The zero-order valence-electron chi connectivity index (χ0n) is 12.8. The topological polar surface area (TPSA) is 115 Å². The molecule has 2 N–H and O–H groups in total. The van der Waals surface area contributed by atoms with Crippen molar-refractivity contribution in [3.8, 4) is 0 Å². The molecule has 0 saturated heterocycles. The van der Waals surface area contributed by atoms with Crippen LogP contribution in [0.3, 0.4) is 0 Å². The van der Waals surface area contributed by atoms with Crippen LogP contribution in [0.2, 0.25) is 0 Å². The van der Waals surface area contributed by atoms with Gasteiger partial charge in [-0.25, -0.2) is 0 Å². The minimum atomic E-state index is -0.961. The van der Waals surface area contributed by atoms with Crippen LogP contribution in [0.25, 0.3) is 0 Å². The van der Waals surface area contributed by atoms with Crippen molar-refractivity contribution in [2.45, 2.75) is 59.3 Å². The van der Waals surface area contributed by atoms with Crippen molar-refractivity contribution in [2.75, 3.05) is 0 Å². The van der Waals surface area contributed by atoms with E-state index < -0.39 is 17.9 Å². The molecule has 20 heavy (non-hydrogen) atoms. The molecule has 0 spiro atoms. The van der Waals surface area contributed by atoms with E-state index in [0.717, 1.165) is 12.8 Å². The average molecular weight is 320 g/mol. The fourth-order valence-electron chi connectivity index (χ4n) is 0.632. The average Bonchev–Trinajstić information content (AvgIpc) is 2.18. The predicted octanol–water partition coefficient (Wildman–Crippen LogP) is -1.60. The van der Waals surface area contributed by atoms with Crippen LogP contribution in [0.4, 0.5) is 0 Å². The van der Waals surface area contributed by atoms with Crippen LogP contribution in [0.1, 0.15) is 59.3 Å². The Hall–Kier alpha value is -0.240. The molecule has 6 nitrogen and oxygen atoms in total. The Labute approximate surface area is 149 Å². The first-order chi connectivity index (χ1) is 8.31. The van der Waals surface area contributed by atoms with Crippen LogP contribution in [0.5, 0.6) is 0 Å². The minimum Gasteiger partial charge on any atom is -0.550 e. The van der Waals surface area contributed by atoms with E-state index in [1.54, 1.807) is 6.92 Å². The molecular formula is C12H25NaO6S. The van der Waals surface area contributed by atoms with E-state index in [4.69, 9.17) is 10.2 Å². The van der Waals surface area contributed by atoms with Gasteiger partial charge in [-0.05, 0) is 19.3 Å². The summed E-state index contributed by atoms with van der Waals surface area (Å²) < 4.78 is 0. The quantitative estimate of drug-likeness (QED) is 0.569. The van der Waals surface area contributed by atoms with Crippen LogP contribution in [-0.2, 0) is 14.4 Å². The smallest absolute Gasteiger partial charge is 0.550 e. The molecule has 0 atom stereocenters. The van der Waals surface area contributed by atoms with Gasteiger partial charge in [0.05, 0.1) is 0 Å². The molecule has 0 bridgehead atoms. The van der Waals surface area contributed by atoms with Crippen molar-refractivity contribution < 1.29 is 59.3 Å². The molecule has 8 heteroatoms. The van der Waals surface area contributed by atoms with Crippen LogP contribution in [0, 0.1) is 0 Å². The van der Waals surface area contributed by atoms with Gasteiger partial charge >= 0.3 is 41.5 Å². The molecular weight excluding hydrogens is 295 g/mol. The molecule has 0 aromatic rings. The Morgan fingerprint density at radius 2 is 1.05 bits per heavy atom. The molecule has 0 radical (unpaired) electrons. The third kappa shape index (κ3) is 65.0. The standard InChI is InChI=1S/3C4H8O2.Na.H2S/c3*1-2-3-4(5)6;;/h3*2-3H2,1H3,(H,5,6);;1H2/q;;;+1;/p-1. The zero-order valence-corrected chi connectivity index (χ0v) is 15.8. The first kappa shape index (κ1) is 31.9. The van der Waals surface area contributed by atoms with Gasteiger partial charge in [0, 0.05) is 18.8 Å². The maximum atomic E-state index is 9.60. The van der Waals surface area contributed by atoms with E-state index in [1.807, 2.05) is 13.8 Å². The van der Waals surface area contributed by atoms with Crippen molar-refractivity contribution in [1.82, 2.24) is 0 Å². The van der Waals surface area contributed by atoms with E-state index in [9.17, 15) is 19.5 Å². The summed E-state index contributed by atoms with van der Waals surface area (Å²) in [6.07, 6.45) is 2.90. The van der Waals surface area contributed by atoms with Gasteiger partial charge in [0.2, 0.25) is 0 Å². The van der Waals surface area contributed by atoms with E-state index in [0.29, 0.717) is 19.3 Å². The van der Waals surface area contributed by atoms with E-state index >= 15 is 0 Å². The molecule has 0 aliphatic heterocycles. The second-order valence-corrected chi connectivity index (χ2v) is 3.41. The SMILES string of the molecule is CCCC(=O)O.CCCC(=O)O.CCCC(=O)[O-].S.[Na+]. The monoisotopic (exact) mass is 320 g/mol. The Bertz CT molecular complexity index is 198. The molecule has 0 rings (SSSR count). The van der Waals surface area contributed by atoms with Gasteiger partial charge in [-0.2, -0.15) is 13.5 Å². The first-order valence-corrected chi connectivity index (χ1v) is 5.95. The van der Waals surface area contributed by atoms with Gasteiger partial charge in [-0.15, -0.1) is 0 Å². The molecule has 0 aliphatic rings. The molecule has 0 aromatic carbocycles. The fraction of sp³-hybridized carbons (Fsp3) is 0.750. The van der Waals surface area contributed by atoms with Crippen molar-refractivity contribution in [3.63, 3.8) is 0 Å². The van der Waals surface area contributed by atoms with E-state index in [1.165, 1.54) is 0 Å². The summed E-state index contributed by atoms with van der Waals surface area (Å²) in [7, 11) is 0. The zero-order chi connectivity index (χ0) is 15.0. The Kier molecular flexibility index (Phi) is 43.4. The number of hydrogen-bond acceptors (Lipinski definition) is 4. The largest absolute Gasteiger partial charge is 1.00 e. The number of carboxylic acids is 3. The number of carbonyl (C=O) groups is 3. The first-order valence-electron chi connectivity index (χ1n) is 5.95. The molecule has 116 valence electrons. The molecule has 0 unspecified atom stereocenters. The normalized spacial score (nSPS) is 7.35. The maximum absolute atomic E-state index is 9.60. The molecule has 0 amide bonds. The van der Waals surface area contributed by atoms with Gasteiger partial charge in [0.25, 0.3) is 0 Å². The number of rotatable bonds is 6. The van der Waals surface area contributed by atoms with Crippen LogP contribution in [0.15, 0.2) is 0 Å². The number of hydrogen-bond donors (Lipinski definition) is 2. The number of carbonyl (C=O) groups excluding carboxylic acids is 1. The minimum absolute atomic E-state index is 0. The molecule has 0 fully saturated rings. The molecule has 0 heterocycles. The third-order valence-corrected chi connectivity index (χ3v) is 1.38. The second kappa shape index (κ2) is 27.2. The molecule has 0 aliphatic carbocycles. The second-order valence-electron chi connectivity index (χ2n) is 3.41. The fourth-order valence-corrected chi connectivity index (χ4v) is 0.632. The van der Waals surface area contributed by atoms with Crippen molar-refractivity contribution >= 4 is 31.4 Å². The van der Waals surface area contributed by atoms with E-state index in [2.05, 4.69) is 0 Å². The summed E-state index contributed by atoms with van der Waals surface area (Å²) in [4.78, 5) is 28.7. The van der Waals surface area contributed by atoms with Crippen LogP contribution < -0.4 is 34.7 Å². The summed E-state index contributed by atoms with van der Waals surface area (Å²) in [5.41, 5.74) is 0. The van der Waals surface area contributed by atoms with Crippen molar-refractivity contribution in [2.24, 2.45) is 0 Å². The van der Waals surface area contributed by atoms with Crippen LogP contribution in [-0.4, -0.2) is 28.1 Å². The van der Waals surface area contributed by atoms with Crippen LogP contribution >= 0.6 is 13.5 Å². The Morgan fingerprint density at radius 1 is 0.800 bits per heavy atom. The summed E-state index contributed by atoms with van der Waals surface area (Å²) >= 11 is 0. The van der Waals surface area contributed by atoms with Gasteiger partial charge in [0.15, 0.2) is 0 Å². The van der Waals surface area contributed by atoms with E-state index in [-0.39, 0.29) is 49.5 Å². The van der Waals surface area contributed by atoms with Gasteiger partial charge < -0.3 is 20.1 Å². The van der Waals surface area contributed by atoms with Gasteiger partial charge in [-0.1, -0.05) is 27.2 Å². The van der Waals surface area contributed by atoms with Crippen molar-refractivity contribution in [3.05, 3.63) is 0 Å². The third-order valence-electron chi connectivity index (χ3n) is 1.38. The molecule has 0 saturated carbocycles. The van der Waals surface area contributed by atoms with Gasteiger partial charge in [-0.3, -0.25) is 9.59 Å². The summed E-state index contributed by atoms with van der Waals surface area (Å²) in [5.74, 6) is -2.38. The predicted molar refractivity (Wildman–Crippen MR) is 75.4 cm³/mol. The summed E-state index contributed by atoms with van der Waals surface area (Å²) in [5, 5.41) is 25.3.